The predicted molar refractivity (Wildman–Crippen MR) is 95.5 cm³/mol. The molecule has 0 saturated heterocycles. The Morgan fingerprint density at radius 3 is 2.20 bits per heavy atom. The zero-order valence-corrected chi connectivity index (χ0v) is 15.5. The van der Waals surface area contributed by atoms with E-state index in [2.05, 4.69) is 27.6 Å². The van der Waals surface area contributed by atoms with Crippen LogP contribution in [0.25, 0.3) is 0 Å². The number of hydrogen-bond donors (Lipinski definition) is 1. The standard InChI is InChI=1S/C17H31N5O3/c1-3-5-6-7-8-9-10-11-12-13-14-22-16(18-20-21-22)15(17(23)24)19-25-4-2/h3-14H2,1-2H3,(H,23,24)/b19-15+. The molecule has 142 valence electrons. The van der Waals surface area contributed by atoms with Crippen LogP contribution in [-0.2, 0) is 16.2 Å². The summed E-state index contributed by atoms with van der Waals surface area (Å²) >= 11 is 0. The van der Waals surface area contributed by atoms with Crippen molar-refractivity contribution in [2.45, 2.75) is 84.6 Å². The Hall–Kier alpha value is -1.99. The molecule has 0 radical (unpaired) electrons. The highest BCUT2D eigenvalue weighted by Gasteiger charge is 2.21. The molecule has 0 saturated carbocycles. The van der Waals surface area contributed by atoms with Gasteiger partial charge in [-0.1, -0.05) is 69.9 Å². The molecule has 1 N–H and O–H groups in total. The van der Waals surface area contributed by atoms with Gasteiger partial charge in [-0.05, 0) is 23.8 Å². The third-order valence-corrected chi connectivity index (χ3v) is 3.95. The summed E-state index contributed by atoms with van der Waals surface area (Å²) in [6, 6.07) is 0. The summed E-state index contributed by atoms with van der Waals surface area (Å²) in [7, 11) is 0. The van der Waals surface area contributed by atoms with Gasteiger partial charge in [0.1, 0.15) is 6.61 Å². The molecule has 8 heteroatoms. The van der Waals surface area contributed by atoms with Gasteiger partial charge in [0.25, 0.3) is 0 Å². The van der Waals surface area contributed by atoms with E-state index in [0.29, 0.717) is 6.54 Å². The second-order valence-electron chi connectivity index (χ2n) is 6.07. The second kappa shape index (κ2) is 13.3. The van der Waals surface area contributed by atoms with Gasteiger partial charge >= 0.3 is 5.97 Å². The summed E-state index contributed by atoms with van der Waals surface area (Å²) < 4.78 is 1.48. The summed E-state index contributed by atoms with van der Waals surface area (Å²) in [5.41, 5.74) is -0.265. The van der Waals surface area contributed by atoms with Crippen LogP contribution >= 0.6 is 0 Å². The Morgan fingerprint density at radius 1 is 1.04 bits per heavy atom. The molecule has 0 atom stereocenters. The van der Waals surface area contributed by atoms with E-state index in [1.54, 1.807) is 6.92 Å². The first kappa shape index (κ1) is 21.1. The average molecular weight is 353 g/mol. The van der Waals surface area contributed by atoms with E-state index in [1.807, 2.05) is 0 Å². The quantitative estimate of drug-likeness (QED) is 0.294. The molecule has 1 aromatic rings. The molecule has 0 bridgehead atoms. The number of aliphatic carboxylic acids is 1. The van der Waals surface area contributed by atoms with E-state index >= 15 is 0 Å². The van der Waals surface area contributed by atoms with Crippen LogP contribution in [0, 0.1) is 0 Å². The molecule has 0 aliphatic heterocycles. The van der Waals surface area contributed by atoms with Gasteiger partial charge in [-0.3, -0.25) is 0 Å². The van der Waals surface area contributed by atoms with Crippen molar-refractivity contribution in [3.63, 3.8) is 0 Å². The lowest BCUT2D eigenvalue weighted by atomic mass is 10.1. The number of carbonyl (C=O) groups is 1. The van der Waals surface area contributed by atoms with Crippen molar-refractivity contribution in [2.24, 2.45) is 5.16 Å². The highest BCUT2D eigenvalue weighted by Crippen LogP contribution is 2.11. The minimum atomic E-state index is -1.20. The van der Waals surface area contributed by atoms with Crippen molar-refractivity contribution in [1.29, 1.82) is 0 Å². The number of aryl methyl sites for hydroxylation is 1. The van der Waals surface area contributed by atoms with Crippen LogP contribution in [0.15, 0.2) is 5.16 Å². The number of carboxylic acid groups (broad SMARTS) is 1. The van der Waals surface area contributed by atoms with E-state index in [4.69, 9.17) is 4.84 Å². The number of hydrogen-bond acceptors (Lipinski definition) is 6. The van der Waals surface area contributed by atoms with Crippen molar-refractivity contribution in [2.75, 3.05) is 6.61 Å². The van der Waals surface area contributed by atoms with E-state index in [1.165, 1.54) is 56.0 Å². The monoisotopic (exact) mass is 353 g/mol. The molecule has 0 aromatic carbocycles. The van der Waals surface area contributed by atoms with Gasteiger partial charge in [0.15, 0.2) is 0 Å². The van der Waals surface area contributed by atoms with Gasteiger partial charge in [-0.2, -0.15) is 0 Å². The molecule has 8 nitrogen and oxygen atoms in total. The Labute approximate surface area is 149 Å². The van der Waals surface area contributed by atoms with Gasteiger partial charge in [-0.15, -0.1) is 5.10 Å². The summed E-state index contributed by atoms with van der Waals surface area (Å²) in [6.45, 7) is 4.84. The number of nitrogens with zero attached hydrogens (tertiary/aromatic N) is 5. The molecule has 1 aromatic heterocycles. The minimum absolute atomic E-state index is 0.136. The molecule has 1 rings (SSSR count). The Kier molecular flexibility index (Phi) is 11.2. The third kappa shape index (κ3) is 8.60. The first-order chi connectivity index (χ1) is 12.2. The molecule has 25 heavy (non-hydrogen) atoms. The second-order valence-corrected chi connectivity index (χ2v) is 6.07. The number of rotatable bonds is 15. The van der Waals surface area contributed by atoms with Gasteiger partial charge in [0, 0.05) is 6.54 Å². The molecular weight excluding hydrogens is 322 g/mol. The lowest BCUT2D eigenvalue weighted by Gasteiger charge is -2.05. The number of aromatic nitrogens is 4. The van der Waals surface area contributed by atoms with E-state index in [9.17, 15) is 9.90 Å². The van der Waals surface area contributed by atoms with Gasteiger partial charge in [-0.25, -0.2) is 9.48 Å². The first-order valence-electron chi connectivity index (χ1n) is 9.40. The van der Waals surface area contributed by atoms with Crippen LogP contribution in [0.4, 0.5) is 0 Å². The molecule has 0 amide bonds. The van der Waals surface area contributed by atoms with Crippen LogP contribution in [-0.4, -0.2) is 43.6 Å². The summed E-state index contributed by atoms with van der Waals surface area (Å²) in [6.07, 6.45) is 12.4. The molecule has 0 unspecified atom stereocenters. The number of unbranched alkanes of at least 4 members (excludes halogenated alkanes) is 9. The maximum absolute atomic E-state index is 11.3. The van der Waals surface area contributed by atoms with Crippen molar-refractivity contribution < 1.29 is 14.7 Å². The van der Waals surface area contributed by atoms with Crippen molar-refractivity contribution in [3.05, 3.63) is 5.82 Å². The molecule has 0 spiro atoms. The van der Waals surface area contributed by atoms with Crippen molar-refractivity contribution in [3.8, 4) is 0 Å². The fourth-order valence-corrected chi connectivity index (χ4v) is 2.58. The summed E-state index contributed by atoms with van der Waals surface area (Å²) in [5.74, 6) is -1.07. The highest BCUT2D eigenvalue weighted by molar-refractivity contribution is 6.41. The van der Waals surface area contributed by atoms with Crippen LogP contribution in [0.2, 0.25) is 0 Å². The lowest BCUT2D eigenvalue weighted by molar-refractivity contribution is -0.129. The Bertz CT molecular complexity index is 516. The molecule has 0 aliphatic carbocycles. The van der Waals surface area contributed by atoms with E-state index in [-0.39, 0.29) is 18.1 Å². The number of oxime groups is 1. The largest absolute Gasteiger partial charge is 0.476 e. The van der Waals surface area contributed by atoms with Crippen LogP contribution in [0.3, 0.4) is 0 Å². The lowest BCUT2D eigenvalue weighted by Crippen LogP contribution is -2.21. The topological polar surface area (TPSA) is 102 Å². The van der Waals surface area contributed by atoms with Crippen LogP contribution < -0.4 is 0 Å². The van der Waals surface area contributed by atoms with Crippen LogP contribution in [0.5, 0.6) is 0 Å². The Morgan fingerprint density at radius 2 is 1.64 bits per heavy atom. The highest BCUT2D eigenvalue weighted by atomic mass is 16.6. The molecule has 0 aliphatic rings. The van der Waals surface area contributed by atoms with Crippen LogP contribution in [0.1, 0.15) is 83.9 Å². The number of tetrazole rings is 1. The molecule has 0 fully saturated rings. The smallest absolute Gasteiger partial charge is 0.362 e. The normalized spacial score (nSPS) is 11.7. The summed E-state index contributed by atoms with van der Waals surface area (Å²) in [5, 5.41) is 24.0. The first-order valence-corrected chi connectivity index (χ1v) is 9.40. The minimum Gasteiger partial charge on any atom is -0.476 e. The average Bonchev–Trinajstić information content (AvgIpc) is 3.05. The predicted octanol–water partition coefficient (Wildman–Crippen LogP) is 3.42. The van der Waals surface area contributed by atoms with E-state index in [0.717, 1.165) is 12.8 Å². The molecular formula is C17H31N5O3. The van der Waals surface area contributed by atoms with Gasteiger partial charge in [0.05, 0.1) is 0 Å². The van der Waals surface area contributed by atoms with Gasteiger partial charge < -0.3 is 9.94 Å². The maximum Gasteiger partial charge on any atom is 0.362 e. The van der Waals surface area contributed by atoms with Crippen molar-refractivity contribution in [1.82, 2.24) is 20.2 Å². The fourth-order valence-electron chi connectivity index (χ4n) is 2.58. The van der Waals surface area contributed by atoms with Crippen molar-refractivity contribution >= 4 is 11.7 Å². The Balaban J connectivity index is 2.28. The third-order valence-electron chi connectivity index (χ3n) is 3.95. The molecule has 1 heterocycles. The zero-order valence-electron chi connectivity index (χ0n) is 15.5. The fraction of sp³-hybridized carbons (Fsp3) is 0.824. The SMILES string of the molecule is CCCCCCCCCCCCn1nnnc1/C(=N\OCC)C(=O)O. The van der Waals surface area contributed by atoms with E-state index < -0.39 is 5.97 Å². The summed E-state index contributed by atoms with van der Waals surface area (Å²) in [4.78, 5) is 16.1. The number of carboxylic acids is 1. The van der Waals surface area contributed by atoms with Gasteiger partial charge in [0.2, 0.25) is 11.5 Å². The zero-order chi connectivity index (χ0) is 18.3. The maximum atomic E-state index is 11.3.